The summed E-state index contributed by atoms with van der Waals surface area (Å²) in [6.07, 6.45) is 0.941. The lowest BCUT2D eigenvalue weighted by molar-refractivity contribution is -0.133. The van der Waals surface area contributed by atoms with E-state index in [1.54, 1.807) is 7.05 Å². The van der Waals surface area contributed by atoms with Gasteiger partial charge in [-0.3, -0.25) is 9.59 Å². The molecule has 25 heavy (non-hydrogen) atoms. The monoisotopic (exact) mass is 358 g/mol. The summed E-state index contributed by atoms with van der Waals surface area (Å²) in [7, 11) is 1.64. The van der Waals surface area contributed by atoms with Crippen LogP contribution in [0.2, 0.25) is 5.02 Å². The summed E-state index contributed by atoms with van der Waals surface area (Å²) in [4.78, 5) is 25.7. The van der Waals surface area contributed by atoms with Crippen LogP contribution in [0, 0.1) is 13.8 Å². The van der Waals surface area contributed by atoms with Crippen LogP contribution in [0.3, 0.4) is 0 Å². The molecule has 0 aliphatic carbocycles. The Labute approximate surface area is 153 Å². The summed E-state index contributed by atoms with van der Waals surface area (Å²) in [5, 5.41) is 3.50. The average Bonchev–Trinajstić information content (AvgIpc) is 2.57. The number of nitrogens with one attached hydrogen (secondary N) is 1. The van der Waals surface area contributed by atoms with Gasteiger partial charge in [0.2, 0.25) is 11.8 Å². The van der Waals surface area contributed by atoms with Crippen LogP contribution >= 0.6 is 11.6 Å². The summed E-state index contributed by atoms with van der Waals surface area (Å²) in [6, 6.07) is 13.3. The lowest BCUT2D eigenvalue weighted by Gasteiger charge is -2.17. The molecule has 2 aromatic carbocycles. The van der Waals surface area contributed by atoms with E-state index in [0.717, 1.165) is 22.4 Å². The summed E-state index contributed by atoms with van der Waals surface area (Å²) in [5.41, 5.74) is 3.88. The maximum absolute atomic E-state index is 12.2. The van der Waals surface area contributed by atoms with Gasteiger partial charge in [-0.1, -0.05) is 41.4 Å². The fourth-order valence-corrected chi connectivity index (χ4v) is 2.58. The van der Waals surface area contributed by atoms with Gasteiger partial charge >= 0.3 is 0 Å². The molecule has 0 aromatic heterocycles. The van der Waals surface area contributed by atoms with Crippen molar-refractivity contribution in [2.24, 2.45) is 0 Å². The third-order valence-corrected chi connectivity index (χ3v) is 4.41. The van der Waals surface area contributed by atoms with Crippen LogP contribution in [0.5, 0.6) is 0 Å². The minimum atomic E-state index is -0.210. The van der Waals surface area contributed by atoms with Gasteiger partial charge in [0.15, 0.2) is 0 Å². The van der Waals surface area contributed by atoms with Crippen molar-refractivity contribution in [2.45, 2.75) is 26.7 Å². The first kappa shape index (κ1) is 19.0. The number of hydrogen-bond acceptors (Lipinski definition) is 2. The number of aryl methyl sites for hydroxylation is 3. The second-order valence-electron chi connectivity index (χ2n) is 6.25. The number of likely N-dealkylation sites (N-methyl/N-ethyl adjacent to an activating group) is 1. The van der Waals surface area contributed by atoms with E-state index in [-0.39, 0.29) is 18.4 Å². The highest BCUT2D eigenvalue weighted by atomic mass is 35.5. The molecular weight excluding hydrogens is 336 g/mol. The molecule has 132 valence electrons. The maximum Gasteiger partial charge on any atom is 0.243 e. The Bertz CT molecular complexity index is 757. The molecule has 0 atom stereocenters. The molecule has 0 bridgehead atoms. The lowest BCUT2D eigenvalue weighted by Crippen LogP contribution is -2.35. The van der Waals surface area contributed by atoms with Gasteiger partial charge in [0.1, 0.15) is 0 Å². The molecule has 0 saturated carbocycles. The van der Waals surface area contributed by atoms with Crippen molar-refractivity contribution in [3.05, 3.63) is 64.2 Å². The number of amides is 2. The number of carbonyl (C=O) groups excluding carboxylic acids is 2. The van der Waals surface area contributed by atoms with E-state index < -0.39 is 0 Å². The molecule has 1 N–H and O–H groups in total. The molecule has 0 spiro atoms. The number of hydrogen-bond donors (Lipinski definition) is 1. The molecule has 0 radical (unpaired) electrons. The molecule has 0 fully saturated rings. The first-order valence-corrected chi connectivity index (χ1v) is 8.58. The average molecular weight is 359 g/mol. The van der Waals surface area contributed by atoms with Gasteiger partial charge in [-0.15, -0.1) is 0 Å². The third-order valence-electron chi connectivity index (χ3n) is 4.01. The Morgan fingerprint density at radius 3 is 2.40 bits per heavy atom. The quantitative estimate of drug-likeness (QED) is 0.848. The van der Waals surface area contributed by atoms with E-state index in [1.807, 2.05) is 56.3 Å². The van der Waals surface area contributed by atoms with Crippen LogP contribution < -0.4 is 5.32 Å². The molecule has 0 saturated heterocycles. The number of rotatable bonds is 6. The lowest BCUT2D eigenvalue weighted by atomic mass is 10.1. The molecule has 0 aliphatic rings. The second-order valence-corrected chi connectivity index (χ2v) is 6.65. The van der Waals surface area contributed by atoms with Crippen molar-refractivity contribution >= 4 is 29.1 Å². The van der Waals surface area contributed by atoms with Crippen LogP contribution in [0.15, 0.2) is 42.5 Å². The van der Waals surface area contributed by atoms with Crippen LogP contribution in [-0.2, 0) is 16.0 Å². The fourth-order valence-electron chi connectivity index (χ4n) is 2.37. The van der Waals surface area contributed by atoms with Gasteiger partial charge in [0, 0.05) is 24.2 Å². The normalized spacial score (nSPS) is 10.4. The molecule has 0 heterocycles. The Morgan fingerprint density at radius 1 is 1.08 bits per heavy atom. The van der Waals surface area contributed by atoms with Crippen molar-refractivity contribution in [3.63, 3.8) is 0 Å². The van der Waals surface area contributed by atoms with Crippen molar-refractivity contribution in [1.82, 2.24) is 4.90 Å². The standard InChI is InChI=1S/C20H23ClN2O2/c1-14-4-9-17(10-5-14)22-19(24)13-23(3)20(25)11-8-16-7-6-15(2)18(21)12-16/h4-7,9-10,12H,8,11,13H2,1-3H3,(H,22,24). The minimum absolute atomic E-state index is 0.0291. The van der Waals surface area contributed by atoms with E-state index in [9.17, 15) is 9.59 Å². The van der Waals surface area contributed by atoms with Crippen LogP contribution in [0.25, 0.3) is 0 Å². The zero-order chi connectivity index (χ0) is 18.4. The van der Waals surface area contributed by atoms with Crippen molar-refractivity contribution in [2.75, 3.05) is 18.9 Å². The van der Waals surface area contributed by atoms with Gasteiger partial charge < -0.3 is 10.2 Å². The fraction of sp³-hybridized carbons (Fsp3) is 0.300. The number of anilines is 1. The Morgan fingerprint density at radius 2 is 1.76 bits per heavy atom. The van der Waals surface area contributed by atoms with Gasteiger partial charge in [0.05, 0.1) is 6.54 Å². The SMILES string of the molecule is Cc1ccc(NC(=O)CN(C)C(=O)CCc2ccc(C)c(Cl)c2)cc1. The van der Waals surface area contributed by atoms with Gasteiger partial charge in [0.25, 0.3) is 0 Å². The zero-order valence-corrected chi connectivity index (χ0v) is 15.6. The van der Waals surface area contributed by atoms with Crippen molar-refractivity contribution in [3.8, 4) is 0 Å². The van der Waals surface area contributed by atoms with Crippen LogP contribution in [0.4, 0.5) is 5.69 Å². The molecule has 2 aromatic rings. The van der Waals surface area contributed by atoms with Gasteiger partial charge in [-0.25, -0.2) is 0 Å². The zero-order valence-electron chi connectivity index (χ0n) is 14.8. The van der Waals surface area contributed by atoms with E-state index in [0.29, 0.717) is 17.9 Å². The highest BCUT2D eigenvalue weighted by molar-refractivity contribution is 6.31. The molecular formula is C20H23ClN2O2. The number of halogens is 1. The van der Waals surface area contributed by atoms with Gasteiger partial charge in [-0.2, -0.15) is 0 Å². The molecule has 4 nitrogen and oxygen atoms in total. The van der Waals surface area contributed by atoms with Crippen molar-refractivity contribution < 1.29 is 9.59 Å². The van der Waals surface area contributed by atoms with Crippen molar-refractivity contribution in [1.29, 1.82) is 0 Å². The second kappa shape index (κ2) is 8.67. The largest absolute Gasteiger partial charge is 0.336 e. The Kier molecular flexibility index (Phi) is 6.59. The highest BCUT2D eigenvalue weighted by Gasteiger charge is 2.13. The first-order valence-electron chi connectivity index (χ1n) is 8.20. The maximum atomic E-state index is 12.2. The predicted octanol–water partition coefficient (Wildman–Crippen LogP) is 3.99. The summed E-state index contributed by atoms with van der Waals surface area (Å²) < 4.78 is 0. The molecule has 2 rings (SSSR count). The predicted molar refractivity (Wildman–Crippen MR) is 102 cm³/mol. The van der Waals surface area contributed by atoms with Crippen LogP contribution in [-0.4, -0.2) is 30.3 Å². The summed E-state index contributed by atoms with van der Waals surface area (Å²) in [5.74, 6) is -0.283. The van der Waals surface area contributed by atoms with E-state index in [1.165, 1.54) is 4.90 Å². The highest BCUT2D eigenvalue weighted by Crippen LogP contribution is 2.17. The summed E-state index contributed by atoms with van der Waals surface area (Å²) >= 11 is 6.10. The Hall–Kier alpha value is -2.33. The van der Waals surface area contributed by atoms with E-state index in [2.05, 4.69) is 5.32 Å². The molecule has 2 amide bonds. The van der Waals surface area contributed by atoms with Gasteiger partial charge in [-0.05, 0) is 49.6 Å². The molecule has 0 aliphatic heterocycles. The number of carbonyl (C=O) groups is 2. The molecule has 0 unspecified atom stereocenters. The summed E-state index contributed by atoms with van der Waals surface area (Å²) in [6.45, 7) is 3.96. The smallest absolute Gasteiger partial charge is 0.243 e. The van der Waals surface area contributed by atoms with E-state index >= 15 is 0 Å². The Balaban J connectivity index is 1.81. The van der Waals surface area contributed by atoms with E-state index in [4.69, 9.17) is 11.6 Å². The molecule has 5 heteroatoms. The number of benzene rings is 2. The first-order chi connectivity index (χ1) is 11.8. The van der Waals surface area contributed by atoms with Crippen LogP contribution in [0.1, 0.15) is 23.1 Å². The number of nitrogens with zero attached hydrogens (tertiary/aromatic N) is 1. The third kappa shape index (κ3) is 5.91. The topological polar surface area (TPSA) is 49.4 Å². The minimum Gasteiger partial charge on any atom is -0.336 e.